The molecular formula is C14H7F6NO2. The van der Waals surface area contributed by atoms with Gasteiger partial charge in [0.05, 0.1) is 16.1 Å². The van der Waals surface area contributed by atoms with E-state index in [9.17, 15) is 36.5 Å². The molecule has 122 valence electrons. The molecule has 0 N–H and O–H groups in total. The van der Waals surface area contributed by atoms with E-state index >= 15 is 0 Å². The number of nitro groups is 1. The lowest BCUT2D eigenvalue weighted by Gasteiger charge is -2.19. The molecule has 0 amide bonds. The summed E-state index contributed by atoms with van der Waals surface area (Å²) in [7, 11) is 0. The second kappa shape index (κ2) is 5.56. The van der Waals surface area contributed by atoms with Crippen LogP contribution in [0, 0.1) is 10.1 Å². The SMILES string of the molecule is O=[N+]([O-])c1ccc(-c2cccc(C(F)(F)F)c2C(F)(F)F)cc1. The van der Waals surface area contributed by atoms with Crippen LogP contribution in [0.25, 0.3) is 11.1 Å². The molecule has 9 heteroatoms. The molecule has 0 fully saturated rings. The molecule has 2 aromatic carbocycles. The minimum atomic E-state index is -5.23. The first-order valence-electron chi connectivity index (χ1n) is 6.04. The summed E-state index contributed by atoms with van der Waals surface area (Å²) in [6.45, 7) is 0. The molecule has 3 nitrogen and oxygen atoms in total. The van der Waals surface area contributed by atoms with E-state index in [-0.39, 0.29) is 11.3 Å². The third kappa shape index (κ3) is 3.43. The summed E-state index contributed by atoms with van der Waals surface area (Å²) in [6.07, 6.45) is -10.4. The lowest BCUT2D eigenvalue weighted by molar-refractivity contribution is -0.384. The molecule has 0 bridgehead atoms. The number of alkyl halides is 6. The van der Waals surface area contributed by atoms with Crippen molar-refractivity contribution in [1.29, 1.82) is 0 Å². The predicted octanol–water partition coefficient (Wildman–Crippen LogP) is 5.30. The van der Waals surface area contributed by atoms with Gasteiger partial charge in [-0.3, -0.25) is 10.1 Å². The van der Waals surface area contributed by atoms with E-state index in [0.29, 0.717) is 6.07 Å². The third-order valence-electron chi connectivity index (χ3n) is 3.04. The third-order valence-corrected chi connectivity index (χ3v) is 3.04. The Morgan fingerprint density at radius 1 is 0.826 bits per heavy atom. The molecule has 0 heterocycles. The van der Waals surface area contributed by atoms with Crippen LogP contribution in [0.4, 0.5) is 32.0 Å². The summed E-state index contributed by atoms with van der Waals surface area (Å²) in [6, 6.07) is 5.89. The van der Waals surface area contributed by atoms with Crippen LogP contribution in [0.1, 0.15) is 11.1 Å². The molecule has 0 aliphatic carbocycles. The Balaban J connectivity index is 2.70. The summed E-state index contributed by atoms with van der Waals surface area (Å²) >= 11 is 0. The van der Waals surface area contributed by atoms with Gasteiger partial charge in [-0.2, -0.15) is 26.3 Å². The van der Waals surface area contributed by atoms with Crippen molar-refractivity contribution in [2.75, 3.05) is 0 Å². The van der Waals surface area contributed by atoms with E-state index < -0.39 is 34.0 Å². The molecule has 23 heavy (non-hydrogen) atoms. The van der Waals surface area contributed by atoms with Crippen LogP contribution < -0.4 is 0 Å². The Bertz CT molecular complexity index is 734. The molecule has 0 saturated carbocycles. The second-order valence-electron chi connectivity index (χ2n) is 4.53. The van der Waals surface area contributed by atoms with Gasteiger partial charge in [0, 0.05) is 12.1 Å². The molecule has 2 rings (SSSR count). The van der Waals surface area contributed by atoms with Gasteiger partial charge in [0.2, 0.25) is 0 Å². The van der Waals surface area contributed by atoms with Crippen molar-refractivity contribution in [3.8, 4) is 11.1 Å². The summed E-state index contributed by atoms with van der Waals surface area (Å²) in [5, 5.41) is 10.5. The number of nitro benzene ring substituents is 1. The highest BCUT2D eigenvalue weighted by Crippen LogP contribution is 2.45. The Morgan fingerprint density at radius 3 is 1.83 bits per heavy atom. The van der Waals surface area contributed by atoms with E-state index in [1.54, 1.807) is 0 Å². The molecule has 0 aliphatic heterocycles. The Hall–Kier alpha value is -2.58. The van der Waals surface area contributed by atoms with Crippen molar-refractivity contribution in [3.05, 3.63) is 63.7 Å². The van der Waals surface area contributed by atoms with Gasteiger partial charge in [-0.1, -0.05) is 12.1 Å². The minimum Gasteiger partial charge on any atom is -0.258 e. The molecule has 0 unspecified atom stereocenters. The van der Waals surface area contributed by atoms with Crippen LogP contribution >= 0.6 is 0 Å². The van der Waals surface area contributed by atoms with Crippen molar-refractivity contribution in [3.63, 3.8) is 0 Å². The van der Waals surface area contributed by atoms with Gasteiger partial charge in [-0.05, 0) is 29.3 Å². The molecule has 0 radical (unpaired) electrons. The normalized spacial score (nSPS) is 12.3. The van der Waals surface area contributed by atoms with Crippen LogP contribution in [0.2, 0.25) is 0 Å². The van der Waals surface area contributed by atoms with E-state index in [2.05, 4.69) is 0 Å². The molecule has 0 aromatic heterocycles. The van der Waals surface area contributed by atoms with Crippen molar-refractivity contribution in [2.24, 2.45) is 0 Å². The number of hydrogen-bond acceptors (Lipinski definition) is 2. The maximum atomic E-state index is 13.1. The number of hydrogen-bond donors (Lipinski definition) is 0. The monoisotopic (exact) mass is 335 g/mol. The van der Waals surface area contributed by atoms with Gasteiger partial charge >= 0.3 is 12.4 Å². The van der Waals surface area contributed by atoms with E-state index in [1.807, 2.05) is 0 Å². The first-order valence-corrected chi connectivity index (χ1v) is 6.04. The fourth-order valence-corrected chi connectivity index (χ4v) is 2.10. The van der Waals surface area contributed by atoms with Crippen LogP contribution in [-0.4, -0.2) is 4.92 Å². The maximum Gasteiger partial charge on any atom is 0.417 e. The standard InChI is InChI=1S/C14H7F6NO2/c15-13(16,17)11-3-1-2-10(12(11)14(18,19)20)8-4-6-9(7-5-8)21(22)23/h1-7H. The van der Waals surface area contributed by atoms with Crippen LogP contribution in [0.15, 0.2) is 42.5 Å². The fraction of sp³-hybridized carbons (Fsp3) is 0.143. The first kappa shape index (κ1) is 16.8. The van der Waals surface area contributed by atoms with E-state index in [0.717, 1.165) is 36.4 Å². The Morgan fingerprint density at radius 2 is 1.39 bits per heavy atom. The van der Waals surface area contributed by atoms with E-state index in [1.165, 1.54) is 0 Å². The van der Waals surface area contributed by atoms with Crippen molar-refractivity contribution >= 4 is 5.69 Å². The average molecular weight is 335 g/mol. The quantitative estimate of drug-likeness (QED) is 0.425. The largest absolute Gasteiger partial charge is 0.417 e. The number of rotatable bonds is 2. The van der Waals surface area contributed by atoms with Gasteiger partial charge in [-0.25, -0.2) is 0 Å². The molecular weight excluding hydrogens is 328 g/mol. The molecule has 2 aromatic rings. The molecule has 0 saturated heterocycles. The fourth-order valence-electron chi connectivity index (χ4n) is 2.10. The highest BCUT2D eigenvalue weighted by molar-refractivity contribution is 5.70. The maximum absolute atomic E-state index is 13.1. The second-order valence-corrected chi connectivity index (χ2v) is 4.53. The summed E-state index contributed by atoms with van der Waals surface area (Å²) in [4.78, 5) is 9.77. The zero-order chi connectivity index (χ0) is 17.4. The average Bonchev–Trinajstić information content (AvgIpc) is 2.44. The van der Waals surface area contributed by atoms with Gasteiger partial charge < -0.3 is 0 Å². The van der Waals surface area contributed by atoms with Gasteiger partial charge in [0.25, 0.3) is 5.69 Å². The summed E-state index contributed by atoms with van der Waals surface area (Å²) in [5.74, 6) is 0. The Labute approximate surface area is 125 Å². The zero-order valence-corrected chi connectivity index (χ0v) is 11.1. The number of nitrogens with zero attached hydrogens (tertiary/aromatic N) is 1. The molecule has 0 aliphatic rings. The zero-order valence-electron chi connectivity index (χ0n) is 11.1. The molecule has 0 atom stereocenters. The van der Waals surface area contributed by atoms with Gasteiger partial charge in [-0.15, -0.1) is 0 Å². The topological polar surface area (TPSA) is 43.1 Å². The lowest BCUT2D eigenvalue weighted by Crippen LogP contribution is -2.17. The minimum absolute atomic E-state index is 0.200. The summed E-state index contributed by atoms with van der Waals surface area (Å²) < 4.78 is 77.9. The smallest absolute Gasteiger partial charge is 0.258 e. The number of halogens is 6. The first-order chi connectivity index (χ1) is 10.5. The Kier molecular flexibility index (Phi) is 4.06. The number of benzene rings is 2. The van der Waals surface area contributed by atoms with Gasteiger partial charge in [0.1, 0.15) is 0 Å². The lowest BCUT2D eigenvalue weighted by atomic mass is 9.94. The highest BCUT2D eigenvalue weighted by atomic mass is 19.4. The summed E-state index contributed by atoms with van der Waals surface area (Å²) in [5.41, 5.74) is -4.90. The van der Waals surface area contributed by atoms with Crippen LogP contribution in [0.3, 0.4) is 0 Å². The van der Waals surface area contributed by atoms with Crippen LogP contribution in [-0.2, 0) is 12.4 Å². The number of non-ortho nitro benzene ring substituents is 1. The van der Waals surface area contributed by atoms with Crippen molar-refractivity contribution in [1.82, 2.24) is 0 Å². The van der Waals surface area contributed by atoms with Crippen molar-refractivity contribution < 1.29 is 31.3 Å². The van der Waals surface area contributed by atoms with Crippen molar-refractivity contribution in [2.45, 2.75) is 12.4 Å². The van der Waals surface area contributed by atoms with Gasteiger partial charge in [0.15, 0.2) is 0 Å². The van der Waals surface area contributed by atoms with E-state index in [4.69, 9.17) is 0 Å². The molecule has 0 spiro atoms. The highest BCUT2D eigenvalue weighted by Gasteiger charge is 2.44. The predicted molar refractivity (Wildman–Crippen MR) is 68.5 cm³/mol. The van der Waals surface area contributed by atoms with Crippen LogP contribution in [0.5, 0.6) is 0 Å².